The predicted molar refractivity (Wildman–Crippen MR) is 106 cm³/mol. The first-order valence-electron chi connectivity index (χ1n) is 8.97. The van der Waals surface area contributed by atoms with Crippen molar-refractivity contribution in [2.75, 3.05) is 23.9 Å². The second kappa shape index (κ2) is 7.50. The van der Waals surface area contributed by atoms with Gasteiger partial charge in [0, 0.05) is 19.3 Å². The molecule has 0 unspecified atom stereocenters. The number of rotatable bonds is 4. The second-order valence-corrected chi connectivity index (χ2v) is 6.50. The highest BCUT2D eigenvalue weighted by atomic mass is 16.5. The zero-order chi connectivity index (χ0) is 18.6. The highest BCUT2D eigenvalue weighted by molar-refractivity contribution is 6.04. The minimum atomic E-state index is -0.206. The fourth-order valence-corrected chi connectivity index (χ4v) is 3.34. The molecule has 1 aromatic heterocycles. The molecular formula is C22H21N3O2. The molecule has 0 saturated heterocycles. The SMILES string of the molecule is COc1ccccc1NC(=O)c1ccc(N2CCc3ccccc3C2)nc1. The van der Waals surface area contributed by atoms with E-state index in [-0.39, 0.29) is 5.91 Å². The van der Waals surface area contributed by atoms with Gasteiger partial charge in [0.05, 0.1) is 18.4 Å². The van der Waals surface area contributed by atoms with E-state index in [0.717, 1.165) is 25.3 Å². The third-order valence-corrected chi connectivity index (χ3v) is 4.82. The molecule has 2 heterocycles. The third-order valence-electron chi connectivity index (χ3n) is 4.82. The lowest BCUT2D eigenvalue weighted by molar-refractivity contribution is 0.102. The van der Waals surface area contributed by atoms with Crippen molar-refractivity contribution in [2.45, 2.75) is 13.0 Å². The zero-order valence-corrected chi connectivity index (χ0v) is 15.2. The van der Waals surface area contributed by atoms with Gasteiger partial charge in [0.2, 0.25) is 0 Å². The molecule has 0 spiro atoms. The molecule has 5 heteroatoms. The van der Waals surface area contributed by atoms with Crippen LogP contribution in [0.3, 0.4) is 0 Å². The summed E-state index contributed by atoms with van der Waals surface area (Å²) in [6.45, 7) is 1.77. The van der Waals surface area contributed by atoms with Crippen LogP contribution in [0, 0.1) is 0 Å². The first kappa shape index (κ1) is 17.1. The Labute approximate surface area is 158 Å². The Morgan fingerprint density at radius 1 is 1.04 bits per heavy atom. The van der Waals surface area contributed by atoms with Gasteiger partial charge in [-0.05, 0) is 41.8 Å². The summed E-state index contributed by atoms with van der Waals surface area (Å²) in [5.74, 6) is 1.31. The topological polar surface area (TPSA) is 54.5 Å². The normalized spacial score (nSPS) is 13.0. The number of methoxy groups -OCH3 is 1. The van der Waals surface area contributed by atoms with Crippen LogP contribution in [0.1, 0.15) is 21.5 Å². The van der Waals surface area contributed by atoms with Crippen molar-refractivity contribution in [3.8, 4) is 5.75 Å². The number of aromatic nitrogens is 1. The van der Waals surface area contributed by atoms with Crippen LogP contribution >= 0.6 is 0 Å². The average molecular weight is 359 g/mol. The Morgan fingerprint density at radius 3 is 2.59 bits per heavy atom. The molecule has 3 aromatic rings. The molecule has 0 radical (unpaired) electrons. The average Bonchev–Trinajstić information content (AvgIpc) is 2.74. The van der Waals surface area contributed by atoms with Crippen molar-refractivity contribution in [3.05, 3.63) is 83.6 Å². The van der Waals surface area contributed by atoms with Crippen LogP contribution in [-0.4, -0.2) is 24.5 Å². The van der Waals surface area contributed by atoms with Gasteiger partial charge < -0.3 is 15.0 Å². The van der Waals surface area contributed by atoms with E-state index in [2.05, 4.69) is 39.5 Å². The van der Waals surface area contributed by atoms with Crippen LogP contribution in [0.2, 0.25) is 0 Å². The number of ether oxygens (including phenoxy) is 1. The van der Waals surface area contributed by atoms with E-state index in [1.54, 1.807) is 13.3 Å². The number of hydrogen-bond donors (Lipinski definition) is 1. The summed E-state index contributed by atoms with van der Waals surface area (Å²) in [6.07, 6.45) is 2.63. The minimum Gasteiger partial charge on any atom is -0.495 e. The minimum absolute atomic E-state index is 0.206. The van der Waals surface area contributed by atoms with Crippen LogP contribution in [0.25, 0.3) is 0 Å². The van der Waals surface area contributed by atoms with Gasteiger partial charge >= 0.3 is 0 Å². The smallest absolute Gasteiger partial charge is 0.257 e. The van der Waals surface area contributed by atoms with Crippen LogP contribution in [0.4, 0.5) is 11.5 Å². The maximum atomic E-state index is 12.5. The molecule has 1 N–H and O–H groups in total. The molecule has 5 nitrogen and oxygen atoms in total. The highest BCUT2D eigenvalue weighted by Crippen LogP contribution is 2.25. The molecule has 0 aliphatic carbocycles. The number of pyridine rings is 1. The van der Waals surface area contributed by atoms with Gasteiger partial charge in [-0.15, -0.1) is 0 Å². The van der Waals surface area contributed by atoms with E-state index >= 15 is 0 Å². The number of carbonyl (C=O) groups is 1. The first-order chi connectivity index (χ1) is 13.2. The number of para-hydroxylation sites is 2. The monoisotopic (exact) mass is 359 g/mol. The van der Waals surface area contributed by atoms with Crippen LogP contribution in [-0.2, 0) is 13.0 Å². The number of nitrogens with zero attached hydrogens (tertiary/aromatic N) is 2. The van der Waals surface area contributed by atoms with Gasteiger partial charge in [-0.3, -0.25) is 4.79 Å². The molecule has 27 heavy (non-hydrogen) atoms. The standard InChI is InChI=1S/C22H21N3O2/c1-27-20-9-5-4-8-19(20)24-22(26)17-10-11-21(23-14-17)25-13-12-16-6-2-3-7-18(16)15-25/h2-11,14H,12-13,15H2,1H3,(H,24,26). The van der Waals surface area contributed by atoms with Crippen molar-refractivity contribution in [1.29, 1.82) is 0 Å². The van der Waals surface area contributed by atoms with Crippen molar-refractivity contribution in [1.82, 2.24) is 4.98 Å². The van der Waals surface area contributed by atoms with E-state index < -0.39 is 0 Å². The summed E-state index contributed by atoms with van der Waals surface area (Å²) in [4.78, 5) is 19.3. The van der Waals surface area contributed by atoms with Crippen molar-refractivity contribution in [2.24, 2.45) is 0 Å². The van der Waals surface area contributed by atoms with Gasteiger partial charge in [0.1, 0.15) is 11.6 Å². The van der Waals surface area contributed by atoms with E-state index in [1.165, 1.54) is 11.1 Å². The molecule has 4 rings (SSSR count). The molecule has 1 aliphatic rings. The number of nitrogens with one attached hydrogen (secondary N) is 1. The van der Waals surface area contributed by atoms with Gasteiger partial charge in [0.25, 0.3) is 5.91 Å². The molecule has 1 amide bonds. The molecule has 2 aromatic carbocycles. The number of amides is 1. The molecular weight excluding hydrogens is 338 g/mol. The molecule has 0 atom stereocenters. The molecule has 0 bridgehead atoms. The molecule has 0 saturated carbocycles. The number of carbonyl (C=O) groups excluding carboxylic acids is 1. The van der Waals surface area contributed by atoms with Gasteiger partial charge in [-0.2, -0.15) is 0 Å². The quantitative estimate of drug-likeness (QED) is 0.767. The fraction of sp³-hybridized carbons (Fsp3) is 0.182. The first-order valence-corrected chi connectivity index (χ1v) is 8.97. The molecule has 0 fully saturated rings. The number of benzene rings is 2. The van der Waals surface area contributed by atoms with E-state index in [9.17, 15) is 4.79 Å². The maximum Gasteiger partial charge on any atom is 0.257 e. The Morgan fingerprint density at radius 2 is 1.81 bits per heavy atom. The van der Waals surface area contributed by atoms with Crippen LogP contribution in [0.15, 0.2) is 66.9 Å². The summed E-state index contributed by atoms with van der Waals surface area (Å²) in [5, 5.41) is 2.87. The lowest BCUT2D eigenvalue weighted by Gasteiger charge is -2.29. The summed E-state index contributed by atoms with van der Waals surface area (Å²) in [6, 6.07) is 19.6. The summed E-state index contributed by atoms with van der Waals surface area (Å²) >= 11 is 0. The predicted octanol–water partition coefficient (Wildman–Crippen LogP) is 3.91. The fourth-order valence-electron chi connectivity index (χ4n) is 3.34. The summed E-state index contributed by atoms with van der Waals surface area (Å²) in [5.41, 5.74) is 3.90. The number of anilines is 2. The Hall–Kier alpha value is -3.34. The van der Waals surface area contributed by atoms with Crippen molar-refractivity contribution < 1.29 is 9.53 Å². The lowest BCUT2D eigenvalue weighted by atomic mass is 10.00. The van der Waals surface area contributed by atoms with E-state index in [4.69, 9.17) is 4.74 Å². The third kappa shape index (κ3) is 3.62. The second-order valence-electron chi connectivity index (χ2n) is 6.50. The highest BCUT2D eigenvalue weighted by Gasteiger charge is 2.17. The zero-order valence-electron chi connectivity index (χ0n) is 15.2. The largest absolute Gasteiger partial charge is 0.495 e. The van der Waals surface area contributed by atoms with Gasteiger partial charge in [0.15, 0.2) is 0 Å². The number of fused-ring (bicyclic) bond motifs is 1. The van der Waals surface area contributed by atoms with E-state index in [1.807, 2.05) is 36.4 Å². The van der Waals surface area contributed by atoms with Crippen LogP contribution in [0.5, 0.6) is 5.75 Å². The summed E-state index contributed by atoms with van der Waals surface area (Å²) in [7, 11) is 1.58. The Bertz CT molecular complexity index is 954. The summed E-state index contributed by atoms with van der Waals surface area (Å²) < 4.78 is 5.27. The lowest BCUT2D eigenvalue weighted by Crippen LogP contribution is -2.31. The number of hydrogen-bond acceptors (Lipinski definition) is 4. The Balaban J connectivity index is 1.47. The van der Waals surface area contributed by atoms with Crippen molar-refractivity contribution >= 4 is 17.4 Å². The molecule has 136 valence electrons. The van der Waals surface area contributed by atoms with Crippen LogP contribution < -0.4 is 15.0 Å². The molecule has 1 aliphatic heterocycles. The van der Waals surface area contributed by atoms with Crippen molar-refractivity contribution in [3.63, 3.8) is 0 Å². The Kier molecular flexibility index (Phi) is 4.75. The van der Waals surface area contributed by atoms with E-state index in [0.29, 0.717) is 17.0 Å². The maximum absolute atomic E-state index is 12.5. The van der Waals surface area contributed by atoms with Gasteiger partial charge in [-0.1, -0.05) is 36.4 Å². The van der Waals surface area contributed by atoms with Gasteiger partial charge in [-0.25, -0.2) is 4.98 Å².